The number of hydrogen-bond acceptors (Lipinski definition) is 1. The van der Waals surface area contributed by atoms with Crippen LogP contribution >= 0.6 is 0 Å². The summed E-state index contributed by atoms with van der Waals surface area (Å²) in [7, 11) is 0. The molecule has 1 saturated carbocycles. The first-order valence-corrected chi connectivity index (χ1v) is 16.7. The summed E-state index contributed by atoms with van der Waals surface area (Å²) in [5.41, 5.74) is 9.55. The van der Waals surface area contributed by atoms with Crippen LogP contribution in [0.2, 0.25) is 0 Å². The van der Waals surface area contributed by atoms with Crippen LogP contribution in [0.25, 0.3) is 5.32 Å². The minimum atomic E-state index is -0.00356. The maximum absolute atomic E-state index is 5.46. The Kier molecular flexibility index (Phi) is 16.1. The van der Waals surface area contributed by atoms with E-state index in [1.165, 1.54) is 41.6 Å². The van der Waals surface area contributed by atoms with Gasteiger partial charge in [-0.25, -0.2) is 0 Å². The van der Waals surface area contributed by atoms with Crippen LogP contribution in [0, 0.1) is 20.3 Å². The van der Waals surface area contributed by atoms with Gasteiger partial charge in [0.15, 0.2) is 0 Å². The van der Waals surface area contributed by atoms with E-state index in [0.29, 0.717) is 17.8 Å². The molecule has 0 saturated heterocycles. The maximum Gasteiger partial charge on any atom is 4.00 e. The second kappa shape index (κ2) is 20.0. The standard InChI is InChI=1S/C30H36N2.2C7H7.Zr/c1-21(2)25-16-10-17-26(22(3)4)30(25)32-29(20-23-12-6-5-7-13-23)28-19-11-18-27(31-28)24-14-8-9-15-24;2*1-7-5-3-2-4-6-7;/h5-7,10-14,16-19,21-22,24,29H,8-9,15,20H2,1-4H3;2*2-6H,1H2;/q-2;2*-1;+4. The molecule has 1 aliphatic carbocycles. The molecule has 2 unspecified atom stereocenters. The Morgan fingerprint density at radius 3 is 1.64 bits per heavy atom. The van der Waals surface area contributed by atoms with Gasteiger partial charge in [-0.3, -0.25) is 4.98 Å². The van der Waals surface area contributed by atoms with E-state index in [2.05, 4.69) is 115 Å². The molecule has 3 heteroatoms. The number of pyridine rings is 1. The van der Waals surface area contributed by atoms with Gasteiger partial charge < -0.3 is 11.7 Å². The molecular weight excluding hydrogens is 648 g/mol. The molecule has 1 aliphatic rings. The monoisotopic (exact) mass is 696 g/mol. The van der Waals surface area contributed by atoms with Crippen LogP contribution in [0.3, 0.4) is 0 Å². The molecule has 0 radical (unpaired) electrons. The number of rotatable bonds is 8. The first-order chi connectivity index (χ1) is 22.3. The zero-order chi connectivity index (χ0) is 32.7. The summed E-state index contributed by atoms with van der Waals surface area (Å²) in [5.74, 6) is 1.34. The van der Waals surface area contributed by atoms with Gasteiger partial charge in [-0.2, -0.15) is 55.7 Å². The van der Waals surface area contributed by atoms with Crippen LogP contribution in [-0.4, -0.2) is 4.98 Å². The van der Waals surface area contributed by atoms with Crippen LogP contribution < -0.4 is 0 Å². The average Bonchev–Trinajstić information content (AvgIpc) is 3.62. The number of hydrogen-bond donors (Lipinski definition) is 0. The van der Waals surface area contributed by atoms with Gasteiger partial charge in [0.1, 0.15) is 0 Å². The third kappa shape index (κ3) is 12.2. The number of aromatic nitrogens is 1. The quantitative estimate of drug-likeness (QED) is 0.148. The van der Waals surface area contributed by atoms with E-state index in [-0.39, 0.29) is 32.2 Å². The molecule has 0 aliphatic heterocycles. The topological polar surface area (TPSA) is 27.0 Å². The molecule has 0 bridgehead atoms. The van der Waals surface area contributed by atoms with Crippen molar-refractivity contribution in [3.05, 3.63) is 192 Å². The van der Waals surface area contributed by atoms with Crippen molar-refractivity contribution in [1.29, 1.82) is 0 Å². The van der Waals surface area contributed by atoms with Crippen molar-refractivity contribution in [3.63, 3.8) is 0 Å². The Morgan fingerprint density at radius 1 is 0.681 bits per heavy atom. The molecule has 47 heavy (non-hydrogen) atoms. The summed E-state index contributed by atoms with van der Waals surface area (Å²) in [5, 5.41) is 5.46. The molecule has 6 rings (SSSR count). The predicted molar refractivity (Wildman–Crippen MR) is 197 cm³/mol. The maximum atomic E-state index is 5.46. The van der Waals surface area contributed by atoms with Crippen molar-refractivity contribution in [2.45, 2.75) is 77.2 Å². The molecule has 0 amide bonds. The fourth-order valence-electron chi connectivity index (χ4n) is 5.73. The Labute approximate surface area is 304 Å². The molecule has 2 nitrogen and oxygen atoms in total. The van der Waals surface area contributed by atoms with Crippen LogP contribution in [0.15, 0.2) is 127 Å². The van der Waals surface area contributed by atoms with Gasteiger partial charge in [0, 0.05) is 11.4 Å². The minimum Gasteiger partial charge on any atom is -0.676 e. The summed E-state index contributed by atoms with van der Waals surface area (Å²) in [6, 6.07) is 43.7. The molecular formula is C44H50N2Zr. The van der Waals surface area contributed by atoms with E-state index in [1.54, 1.807) is 0 Å². The minimum absolute atomic E-state index is 0. The summed E-state index contributed by atoms with van der Waals surface area (Å²) in [4.78, 5) is 5.17. The van der Waals surface area contributed by atoms with Gasteiger partial charge in [-0.15, -0.1) is 35.9 Å². The fourth-order valence-corrected chi connectivity index (χ4v) is 5.73. The van der Waals surface area contributed by atoms with Gasteiger partial charge in [-0.1, -0.05) is 124 Å². The van der Waals surface area contributed by atoms with Crippen LogP contribution in [0.1, 0.15) is 110 Å². The Morgan fingerprint density at radius 2 is 1.19 bits per heavy atom. The van der Waals surface area contributed by atoms with Crippen molar-refractivity contribution in [2.75, 3.05) is 0 Å². The van der Waals surface area contributed by atoms with Gasteiger partial charge in [0.05, 0.1) is 0 Å². The largest absolute Gasteiger partial charge is 4.00 e. The second-order valence-corrected chi connectivity index (χ2v) is 12.7. The molecule has 2 atom stereocenters. The van der Waals surface area contributed by atoms with Gasteiger partial charge in [0.2, 0.25) is 0 Å². The van der Waals surface area contributed by atoms with Crippen molar-refractivity contribution < 1.29 is 26.2 Å². The smallest absolute Gasteiger partial charge is 0.676 e. The Balaban J connectivity index is 0.000000329. The SMILES string of the molecule is CC(C)c1cccc(C(C)C)c1[N-]C(Cc1ccccc1)c1cccc(C2[CH-]CCC2)n1.[CH2-]c1ccccc1.[CH2-]c1ccccc1.[Zr+4]. The van der Waals surface area contributed by atoms with E-state index >= 15 is 0 Å². The van der Waals surface area contributed by atoms with Crippen LogP contribution in [0.5, 0.6) is 0 Å². The summed E-state index contributed by atoms with van der Waals surface area (Å²) < 4.78 is 0. The first kappa shape index (κ1) is 37.9. The number of para-hydroxylation sites is 1. The molecule has 1 heterocycles. The number of nitrogens with zero attached hydrogens (tertiary/aromatic N) is 2. The van der Waals surface area contributed by atoms with Crippen molar-refractivity contribution in [1.82, 2.24) is 4.98 Å². The number of benzene rings is 4. The normalized spacial score (nSPS) is 14.2. The van der Waals surface area contributed by atoms with E-state index in [1.807, 2.05) is 60.7 Å². The molecule has 0 spiro atoms. The predicted octanol–water partition coefficient (Wildman–Crippen LogP) is 12.5. The fraction of sp³-hybridized carbons (Fsp3) is 0.273. The van der Waals surface area contributed by atoms with Gasteiger partial charge in [-0.05, 0) is 36.0 Å². The van der Waals surface area contributed by atoms with E-state index in [9.17, 15) is 0 Å². The first-order valence-electron chi connectivity index (χ1n) is 16.7. The van der Waals surface area contributed by atoms with E-state index < -0.39 is 0 Å². The molecule has 4 aromatic carbocycles. The van der Waals surface area contributed by atoms with Crippen molar-refractivity contribution in [2.24, 2.45) is 0 Å². The average molecular weight is 698 g/mol. The summed E-state index contributed by atoms with van der Waals surface area (Å²) >= 11 is 0. The van der Waals surface area contributed by atoms with Gasteiger partial charge >= 0.3 is 26.2 Å². The Hall–Kier alpha value is -3.55. The summed E-state index contributed by atoms with van der Waals surface area (Å²) in [6.07, 6.45) is 6.97. The van der Waals surface area contributed by atoms with Crippen LogP contribution in [0.4, 0.5) is 5.69 Å². The molecule has 1 fully saturated rings. The molecule has 240 valence electrons. The van der Waals surface area contributed by atoms with E-state index in [4.69, 9.17) is 10.3 Å². The molecule has 5 aromatic rings. The zero-order valence-electron chi connectivity index (χ0n) is 28.6. The third-order valence-electron chi connectivity index (χ3n) is 8.27. The summed E-state index contributed by atoms with van der Waals surface area (Å²) in [6.45, 7) is 16.5. The second-order valence-electron chi connectivity index (χ2n) is 12.7. The molecule has 1 aromatic heterocycles. The third-order valence-corrected chi connectivity index (χ3v) is 8.27. The van der Waals surface area contributed by atoms with Gasteiger partial charge in [0.25, 0.3) is 0 Å². The molecule has 0 N–H and O–H groups in total. The van der Waals surface area contributed by atoms with Crippen molar-refractivity contribution >= 4 is 5.69 Å². The van der Waals surface area contributed by atoms with Crippen LogP contribution in [-0.2, 0) is 32.6 Å². The van der Waals surface area contributed by atoms with E-state index in [0.717, 1.165) is 28.9 Å². The van der Waals surface area contributed by atoms with Crippen molar-refractivity contribution in [3.8, 4) is 0 Å². The Bertz CT molecular complexity index is 1500. The zero-order valence-corrected chi connectivity index (χ0v) is 31.1.